The second-order valence-electron chi connectivity index (χ2n) is 4.24. The number of hydrogen-bond donors (Lipinski definition) is 0. The van der Waals surface area contributed by atoms with Crippen molar-refractivity contribution in [1.82, 2.24) is 4.90 Å². The maximum Gasteiger partial charge on any atom is 0.133 e. The monoisotopic (exact) mass is 183 g/mol. The van der Waals surface area contributed by atoms with Crippen LogP contribution in [0.3, 0.4) is 0 Å². The molecule has 1 heterocycles. The molecule has 0 unspecified atom stereocenters. The standard InChI is InChI=1S/C11H21NO/c1-3-4-11(13)9-10-5-7-12(2)8-6-10/h10H,3-9H2,1-2H3. The highest BCUT2D eigenvalue weighted by Crippen LogP contribution is 2.20. The van der Waals surface area contributed by atoms with Gasteiger partial charge >= 0.3 is 0 Å². The summed E-state index contributed by atoms with van der Waals surface area (Å²) in [5.41, 5.74) is 0. The average molecular weight is 183 g/mol. The molecule has 0 spiro atoms. The number of likely N-dealkylation sites (tertiary alicyclic amines) is 1. The van der Waals surface area contributed by atoms with E-state index in [2.05, 4.69) is 18.9 Å². The lowest BCUT2D eigenvalue weighted by molar-refractivity contribution is -0.120. The van der Waals surface area contributed by atoms with Gasteiger partial charge in [0.2, 0.25) is 0 Å². The second-order valence-corrected chi connectivity index (χ2v) is 4.24. The lowest BCUT2D eigenvalue weighted by Gasteiger charge is -2.28. The van der Waals surface area contributed by atoms with Crippen molar-refractivity contribution in [2.45, 2.75) is 39.0 Å². The van der Waals surface area contributed by atoms with Gasteiger partial charge in [0.05, 0.1) is 0 Å². The number of hydrogen-bond acceptors (Lipinski definition) is 2. The molecular formula is C11H21NO. The predicted molar refractivity (Wildman–Crippen MR) is 54.8 cm³/mol. The predicted octanol–water partition coefficient (Wildman–Crippen LogP) is 2.09. The maximum absolute atomic E-state index is 11.4. The summed E-state index contributed by atoms with van der Waals surface area (Å²) in [4.78, 5) is 13.7. The lowest BCUT2D eigenvalue weighted by atomic mass is 9.91. The molecule has 2 nitrogen and oxygen atoms in total. The molecular weight excluding hydrogens is 162 g/mol. The Bertz CT molecular complexity index is 159. The van der Waals surface area contributed by atoms with Gasteiger partial charge in [0.1, 0.15) is 5.78 Å². The number of carbonyl (C=O) groups excluding carboxylic acids is 1. The van der Waals surface area contributed by atoms with Crippen molar-refractivity contribution in [2.75, 3.05) is 20.1 Å². The van der Waals surface area contributed by atoms with E-state index in [0.29, 0.717) is 11.7 Å². The quantitative estimate of drug-likeness (QED) is 0.665. The molecule has 2 heteroatoms. The molecule has 0 radical (unpaired) electrons. The van der Waals surface area contributed by atoms with E-state index in [9.17, 15) is 4.79 Å². The third kappa shape index (κ3) is 3.90. The van der Waals surface area contributed by atoms with E-state index >= 15 is 0 Å². The van der Waals surface area contributed by atoms with Crippen LogP contribution in [-0.2, 0) is 4.79 Å². The molecule has 0 aromatic rings. The van der Waals surface area contributed by atoms with Crippen molar-refractivity contribution in [3.8, 4) is 0 Å². The lowest BCUT2D eigenvalue weighted by Crippen LogP contribution is -2.31. The summed E-state index contributed by atoms with van der Waals surface area (Å²) in [6.45, 7) is 4.42. The average Bonchev–Trinajstić information content (AvgIpc) is 2.09. The Morgan fingerprint density at radius 3 is 2.54 bits per heavy atom. The zero-order valence-electron chi connectivity index (χ0n) is 8.88. The highest BCUT2D eigenvalue weighted by atomic mass is 16.1. The van der Waals surface area contributed by atoms with Crippen LogP contribution in [0.25, 0.3) is 0 Å². The number of nitrogens with zero attached hydrogens (tertiary/aromatic N) is 1. The third-order valence-corrected chi connectivity index (χ3v) is 2.88. The summed E-state index contributed by atoms with van der Waals surface area (Å²) in [6, 6.07) is 0. The molecule has 0 aromatic heterocycles. The Labute approximate surface area is 81.3 Å². The molecule has 0 aromatic carbocycles. The van der Waals surface area contributed by atoms with Crippen molar-refractivity contribution < 1.29 is 4.79 Å². The molecule has 0 saturated carbocycles. The minimum Gasteiger partial charge on any atom is -0.306 e. The number of carbonyl (C=O) groups is 1. The first-order chi connectivity index (χ1) is 6.22. The van der Waals surface area contributed by atoms with E-state index in [1.807, 2.05) is 0 Å². The molecule has 76 valence electrons. The number of rotatable bonds is 4. The molecule has 0 aliphatic carbocycles. The van der Waals surface area contributed by atoms with Gasteiger partial charge in [-0.15, -0.1) is 0 Å². The van der Waals surface area contributed by atoms with Crippen LogP contribution >= 0.6 is 0 Å². The number of Topliss-reactive ketones (excluding diaryl/α,β-unsaturated/α-hetero) is 1. The van der Waals surface area contributed by atoms with Crippen LogP contribution in [0.5, 0.6) is 0 Å². The van der Waals surface area contributed by atoms with E-state index in [0.717, 1.165) is 19.3 Å². The molecule has 0 bridgehead atoms. The normalized spacial score (nSPS) is 20.5. The minimum atomic E-state index is 0.469. The van der Waals surface area contributed by atoms with Crippen molar-refractivity contribution in [3.05, 3.63) is 0 Å². The largest absolute Gasteiger partial charge is 0.306 e. The van der Waals surface area contributed by atoms with Gasteiger partial charge in [0.15, 0.2) is 0 Å². The van der Waals surface area contributed by atoms with Gasteiger partial charge in [0, 0.05) is 12.8 Å². The molecule has 1 aliphatic heterocycles. The van der Waals surface area contributed by atoms with Crippen LogP contribution in [0.4, 0.5) is 0 Å². The fraction of sp³-hybridized carbons (Fsp3) is 0.909. The van der Waals surface area contributed by atoms with Crippen LogP contribution < -0.4 is 0 Å². The van der Waals surface area contributed by atoms with E-state index in [4.69, 9.17) is 0 Å². The molecule has 1 rings (SSSR count). The summed E-state index contributed by atoms with van der Waals surface area (Å²) in [5, 5.41) is 0. The molecule has 1 aliphatic rings. The highest BCUT2D eigenvalue weighted by molar-refractivity contribution is 5.78. The van der Waals surface area contributed by atoms with Gasteiger partial charge < -0.3 is 4.90 Å². The summed E-state index contributed by atoms with van der Waals surface area (Å²) in [6.07, 6.45) is 5.05. The van der Waals surface area contributed by atoms with E-state index < -0.39 is 0 Å². The zero-order chi connectivity index (χ0) is 9.68. The van der Waals surface area contributed by atoms with Crippen LogP contribution in [0, 0.1) is 5.92 Å². The van der Waals surface area contributed by atoms with Crippen molar-refractivity contribution >= 4 is 5.78 Å². The smallest absolute Gasteiger partial charge is 0.133 e. The van der Waals surface area contributed by atoms with Crippen LogP contribution in [0.15, 0.2) is 0 Å². The summed E-state index contributed by atoms with van der Waals surface area (Å²) >= 11 is 0. The zero-order valence-corrected chi connectivity index (χ0v) is 8.88. The van der Waals surface area contributed by atoms with Crippen molar-refractivity contribution in [1.29, 1.82) is 0 Å². The number of ketones is 1. The first-order valence-corrected chi connectivity index (χ1v) is 5.42. The first kappa shape index (κ1) is 10.7. The Morgan fingerprint density at radius 2 is 2.00 bits per heavy atom. The van der Waals surface area contributed by atoms with E-state index in [1.54, 1.807) is 0 Å². The molecule has 0 amide bonds. The number of piperidine rings is 1. The second kappa shape index (κ2) is 5.38. The SMILES string of the molecule is CCCC(=O)CC1CCN(C)CC1. The fourth-order valence-corrected chi connectivity index (χ4v) is 1.97. The highest BCUT2D eigenvalue weighted by Gasteiger charge is 2.18. The van der Waals surface area contributed by atoms with Crippen molar-refractivity contribution in [2.24, 2.45) is 5.92 Å². The Morgan fingerprint density at radius 1 is 1.38 bits per heavy atom. The topological polar surface area (TPSA) is 20.3 Å². The summed E-state index contributed by atoms with van der Waals surface area (Å²) in [5.74, 6) is 1.15. The Balaban J connectivity index is 2.18. The van der Waals surface area contributed by atoms with Gasteiger partial charge in [-0.1, -0.05) is 6.92 Å². The van der Waals surface area contributed by atoms with Crippen LogP contribution in [0.1, 0.15) is 39.0 Å². The van der Waals surface area contributed by atoms with Gasteiger partial charge in [-0.2, -0.15) is 0 Å². The van der Waals surface area contributed by atoms with Gasteiger partial charge in [-0.05, 0) is 45.3 Å². The van der Waals surface area contributed by atoms with Crippen LogP contribution in [0.2, 0.25) is 0 Å². The van der Waals surface area contributed by atoms with Gasteiger partial charge in [-0.3, -0.25) is 4.79 Å². The van der Waals surface area contributed by atoms with E-state index in [1.165, 1.54) is 25.9 Å². The van der Waals surface area contributed by atoms with Crippen molar-refractivity contribution in [3.63, 3.8) is 0 Å². The summed E-state index contributed by atoms with van der Waals surface area (Å²) < 4.78 is 0. The molecule has 1 saturated heterocycles. The van der Waals surface area contributed by atoms with Gasteiger partial charge in [-0.25, -0.2) is 0 Å². The summed E-state index contributed by atoms with van der Waals surface area (Å²) in [7, 11) is 2.16. The Hall–Kier alpha value is -0.370. The third-order valence-electron chi connectivity index (χ3n) is 2.88. The van der Waals surface area contributed by atoms with Crippen LogP contribution in [-0.4, -0.2) is 30.8 Å². The minimum absolute atomic E-state index is 0.469. The molecule has 13 heavy (non-hydrogen) atoms. The molecule has 1 fully saturated rings. The Kier molecular flexibility index (Phi) is 4.43. The van der Waals surface area contributed by atoms with E-state index in [-0.39, 0.29) is 0 Å². The fourth-order valence-electron chi connectivity index (χ4n) is 1.97. The van der Waals surface area contributed by atoms with Gasteiger partial charge in [0.25, 0.3) is 0 Å². The first-order valence-electron chi connectivity index (χ1n) is 5.42. The molecule has 0 atom stereocenters. The molecule has 0 N–H and O–H groups in total. The maximum atomic E-state index is 11.4.